The van der Waals surface area contributed by atoms with Crippen molar-refractivity contribution in [3.8, 4) is 0 Å². The molecule has 1 aliphatic heterocycles. The first-order valence-corrected chi connectivity index (χ1v) is 6.38. The van der Waals surface area contributed by atoms with Gasteiger partial charge in [-0.3, -0.25) is 0 Å². The van der Waals surface area contributed by atoms with E-state index in [9.17, 15) is 0 Å². The third-order valence-corrected chi connectivity index (χ3v) is 3.97. The van der Waals surface area contributed by atoms with E-state index in [-0.39, 0.29) is 0 Å². The molecule has 2 atom stereocenters. The van der Waals surface area contributed by atoms with Gasteiger partial charge in [-0.2, -0.15) is 0 Å². The van der Waals surface area contributed by atoms with E-state index in [4.69, 9.17) is 0 Å². The molecule has 1 heterocycles. The van der Waals surface area contributed by atoms with E-state index in [1.165, 1.54) is 32.5 Å². The molecule has 0 radical (unpaired) electrons. The van der Waals surface area contributed by atoms with Crippen LogP contribution in [0.4, 0.5) is 0 Å². The van der Waals surface area contributed by atoms with Crippen molar-refractivity contribution in [2.75, 3.05) is 26.7 Å². The molecule has 2 nitrogen and oxygen atoms in total. The number of likely N-dealkylation sites (tertiary alicyclic amines) is 1. The molecular formula is C13H28N2. The molecule has 1 saturated heterocycles. The fourth-order valence-corrected chi connectivity index (χ4v) is 2.52. The van der Waals surface area contributed by atoms with Crippen LogP contribution in [0.1, 0.15) is 40.5 Å². The van der Waals surface area contributed by atoms with Crippen molar-refractivity contribution in [1.82, 2.24) is 10.2 Å². The van der Waals surface area contributed by atoms with Crippen molar-refractivity contribution in [2.24, 2.45) is 11.3 Å². The van der Waals surface area contributed by atoms with Gasteiger partial charge in [0.25, 0.3) is 0 Å². The minimum atomic E-state index is 0.478. The Morgan fingerprint density at radius 2 is 2.07 bits per heavy atom. The second kappa shape index (κ2) is 5.31. The van der Waals surface area contributed by atoms with Gasteiger partial charge in [-0.05, 0) is 37.8 Å². The Hall–Kier alpha value is -0.0800. The van der Waals surface area contributed by atoms with Gasteiger partial charge in [0.1, 0.15) is 0 Å². The van der Waals surface area contributed by atoms with Crippen molar-refractivity contribution in [3.63, 3.8) is 0 Å². The van der Waals surface area contributed by atoms with Gasteiger partial charge in [0.05, 0.1) is 0 Å². The minimum absolute atomic E-state index is 0.478. The SMILES string of the molecule is CCC(C)(C)CN1CCC(NC)C(C)C1. The molecule has 0 aromatic rings. The predicted molar refractivity (Wildman–Crippen MR) is 67.1 cm³/mol. The lowest BCUT2D eigenvalue weighted by molar-refractivity contribution is 0.104. The van der Waals surface area contributed by atoms with Crippen molar-refractivity contribution < 1.29 is 0 Å². The fraction of sp³-hybridized carbons (Fsp3) is 1.00. The lowest BCUT2D eigenvalue weighted by Crippen LogP contribution is -2.49. The van der Waals surface area contributed by atoms with Crippen LogP contribution < -0.4 is 5.32 Å². The highest BCUT2D eigenvalue weighted by Crippen LogP contribution is 2.24. The molecule has 1 fully saturated rings. The molecule has 90 valence electrons. The van der Waals surface area contributed by atoms with Crippen molar-refractivity contribution in [1.29, 1.82) is 0 Å². The zero-order valence-electron chi connectivity index (χ0n) is 11.1. The summed E-state index contributed by atoms with van der Waals surface area (Å²) in [6.45, 7) is 13.2. The third kappa shape index (κ3) is 3.76. The van der Waals surface area contributed by atoms with E-state index in [0.717, 1.165) is 12.0 Å². The van der Waals surface area contributed by atoms with Crippen LogP contribution in [0.25, 0.3) is 0 Å². The average Bonchev–Trinajstić information content (AvgIpc) is 2.17. The summed E-state index contributed by atoms with van der Waals surface area (Å²) < 4.78 is 0. The first-order valence-electron chi connectivity index (χ1n) is 6.38. The molecule has 0 aromatic carbocycles. The Morgan fingerprint density at radius 3 is 2.53 bits per heavy atom. The maximum Gasteiger partial charge on any atom is 0.0114 e. The van der Waals surface area contributed by atoms with Gasteiger partial charge >= 0.3 is 0 Å². The topological polar surface area (TPSA) is 15.3 Å². The van der Waals surface area contributed by atoms with E-state index in [0.29, 0.717) is 5.41 Å². The van der Waals surface area contributed by atoms with Crippen LogP contribution in [0, 0.1) is 11.3 Å². The number of piperidine rings is 1. The summed E-state index contributed by atoms with van der Waals surface area (Å²) in [6.07, 6.45) is 2.57. The highest BCUT2D eigenvalue weighted by Gasteiger charge is 2.27. The summed E-state index contributed by atoms with van der Waals surface area (Å²) in [6, 6.07) is 0.728. The Kier molecular flexibility index (Phi) is 4.60. The predicted octanol–water partition coefficient (Wildman–Crippen LogP) is 2.35. The van der Waals surface area contributed by atoms with Crippen LogP contribution in [0.15, 0.2) is 0 Å². The van der Waals surface area contributed by atoms with Crippen LogP contribution in [-0.4, -0.2) is 37.6 Å². The molecule has 0 amide bonds. The zero-order valence-corrected chi connectivity index (χ0v) is 11.1. The number of nitrogens with zero attached hydrogens (tertiary/aromatic N) is 1. The Morgan fingerprint density at radius 1 is 1.40 bits per heavy atom. The van der Waals surface area contributed by atoms with Gasteiger partial charge in [0, 0.05) is 19.1 Å². The Labute approximate surface area is 95.4 Å². The van der Waals surface area contributed by atoms with Crippen LogP contribution in [-0.2, 0) is 0 Å². The molecule has 0 aromatic heterocycles. The van der Waals surface area contributed by atoms with Gasteiger partial charge in [-0.1, -0.05) is 27.7 Å². The van der Waals surface area contributed by atoms with Gasteiger partial charge < -0.3 is 10.2 Å². The van der Waals surface area contributed by atoms with E-state index in [1.807, 2.05) is 0 Å². The quantitative estimate of drug-likeness (QED) is 0.769. The lowest BCUT2D eigenvalue weighted by atomic mass is 9.87. The largest absolute Gasteiger partial charge is 0.317 e. The standard InChI is InChI=1S/C13H28N2/c1-6-13(3,4)10-15-8-7-12(14-5)11(2)9-15/h11-12,14H,6-10H2,1-5H3. The van der Waals surface area contributed by atoms with Gasteiger partial charge in [-0.15, -0.1) is 0 Å². The van der Waals surface area contributed by atoms with E-state index < -0.39 is 0 Å². The van der Waals surface area contributed by atoms with Gasteiger partial charge in [-0.25, -0.2) is 0 Å². The lowest BCUT2D eigenvalue weighted by Gasteiger charge is -2.40. The molecule has 1 rings (SSSR count). The van der Waals surface area contributed by atoms with Crippen LogP contribution >= 0.6 is 0 Å². The molecule has 2 unspecified atom stereocenters. The maximum atomic E-state index is 3.42. The highest BCUT2D eigenvalue weighted by atomic mass is 15.2. The summed E-state index contributed by atoms with van der Waals surface area (Å²) >= 11 is 0. The molecule has 1 aliphatic rings. The first-order chi connectivity index (χ1) is 6.98. The van der Waals surface area contributed by atoms with Crippen molar-refractivity contribution >= 4 is 0 Å². The fourth-order valence-electron chi connectivity index (χ4n) is 2.52. The van der Waals surface area contributed by atoms with Crippen molar-refractivity contribution in [3.05, 3.63) is 0 Å². The second-order valence-corrected chi connectivity index (χ2v) is 5.91. The summed E-state index contributed by atoms with van der Waals surface area (Å²) in [5.74, 6) is 0.788. The number of rotatable bonds is 4. The van der Waals surface area contributed by atoms with Crippen LogP contribution in [0.5, 0.6) is 0 Å². The monoisotopic (exact) mass is 212 g/mol. The third-order valence-electron chi connectivity index (χ3n) is 3.97. The maximum absolute atomic E-state index is 3.42. The normalized spacial score (nSPS) is 29.4. The zero-order chi connectivity index (χ0) is 11.5. The molecule has 0 aliphatic carbocycles. The number of nitrogens with one attached hydrogen (secondary N) is 1. The summed E-state index contributed by atoms with van der Waals surface area (Å²) in [7, 11) is 2.09. The van der Waals surface area contributed by atoms with E-state index >= 15 is 0 Å². The van der Waals surface area contributed by atoms with Gasteiger partial charge in [0.2, 0.25) is 0 Å². The van der Waals surface area contributed by atoms with E-state index in [1.54, 1.807) is 0 Å². The molecule has 15 heavy (non-hydrogen) atoms. The number of hydrogen-bond acceptors (Lipinski definition) is 2. The van der Waals surface area contributed by atoms with Gasteiger partial charge in [0.15, 0.2) is 0 Å². The summed E-state index contributed by atoms with van der Waals surface area (Å²) in [5.41, 5.74) is 0.478. The molecule has 1 N–H and O–H groups in total. The Bertz CT molecular complexity index is 189. The average molecular weight is 212 g/mol. The second-order valence-electron chi connectivity index (χ2n) is 5.91. The van der Waals surface area contributed by atoms with Crippen LogP contribution in [0.2, 0.25) is 0 Å². The number of hydrogen-bond donors (Lipinski definition) is 1. The highest BCUT2D eigenvalue weighted by molar-refractivity contribution is 4.84. The molecular weight excluding hydrogens is 184 g/mol. The van der Waals surface area contributed by atoms with Crippen LogP contribution in [0.3, 0.4) is 0 Å². The first kappa shape index (κ1) is 13.0. The van der Waals surface area contributed by atoms with E-state index in [2.05, 4.69) is 45.0 Å². The summed E-state index contributed by atoms with van der Waals surface area (Å²) in [4.78, 5) is 2.64. The molecule has 0 spiro atoms. The molecule has 0 saturated carbocycles. The van der Waals surface area contributed by atoms with Crippen molar-refractivity contribution in [2.45, 2.75) is 46.6 Å². The molecule has 0 bridgehead atoms. The smallest absolute Gasteiger partial charge is 0.0114 e. The summed E-state index contributed by atoms with van der Waals surface area (Å²) in [5, 5.41) is 3.42. The minimum Gasteiger partial charge on any atom is -0.317 e. The Balaban J connectivity index is 2.41. The molecule has 2 heteroatoms.